The molecule has 1 aliphatic rings. The normalized spacial score (nSPS) is 19.9. The molecule has 1 nitrogen and oxygen atoms in total. The maximum atomic E-state index is 12.4. The van der Waals surface area contributed by atoms with Gasteiger partial charge in [-0.05, 0) is 44.8 Å². The molecule has 0 aromatic heterocycles. The quantitative estimate of drug-likeness (QED) is 0.752. The molecule has 2 heteroatoms. The van der Waals surface area contributed by atoms with E-state index >= 15 is 0 Å². The smallest absolute Gasteiger partial charge is 0.0412 e. The molecule has 0 N–H and O–H groups in total. The molecule has 1 fully saturated rings. The van der Waals surface area contributed by atoms with Gasteiger partial charge in [0.2, 0.25) is 0 Å². The fourth-order valence-corrected chi connectivity index (χ4v) is 4.00. The molecule has 1 atom stereocenters. The zero-order chi connectivity index (χ0) is 12.7. The van der Waals surface area contributed by atoms with Gasteiger partial charge < -0.3 is 0 Å². The van der Waals surface area contributed by atoms with Gasteiger partial charge in [0, 0.05) is 11.0 Å². The summed E-state index contributed by atoms with van der Waals surface area (Å²) in [5.74, 6) is 4.59. The van der Waals surface area contributed by atoms with Crippen LogP contribution in [0.3, 0.4) is 0 Å². The second-order valence-electron chi connectivity index (χ2n) is 6.16. The third kappa shape index (κ3) is 3.12. The molecule has 1 aromatic rings. The topological polar surface area (TPSA) is 17.1 Å². The molecule has 0 bridgehead atoms. The first-order valence-electron chi connectivity index (χ1n) is 6.22. The van der Waals surface area contributed by atoms with Crippen molar-refractivity contribution in [1.29, 1.82) is 0 Å². The predicted molar refractivity (Wildman–Crippen MR) is 77.1 cm³/mol. The van der Waals surface area contributed by atoms with Crippen molar-refractivity contribution in [2.24, 2.45) is 0 Å². The molecule has 1 aliphatic carbocycles. The van der Waals surface area contributed by atoms with Crippen LogP contribution < -0.4 is 0 Å². The molecule has 0 heterocycles. The molecule has 0 amide bonds. The van der Waals surface area contributed by atoms with Crippen molar-refractivity contribution in [2.75, 3.05) is 0 Å². The molecular formula is C15H22OS. The van der Waals surface area contributed by atoms with Gasteiger partial charge in [0.05, 0.1) is 0 Å². The van der Waals surface area contributed by atoms with E-state index in [-0.39, 0.29) is 5.41 Å². The highest BCUT2D eigenvalue weighted by Crippen LogP contribution is 2.31. The lowest BCUT2D eigenvalue weighted by atomic mass is 9.86. The lowest BCUT2D eigenvalue weighted by molar-refractivity contribution is 0.589. The fraction of sp³-hybridized carbons (Fsp3) is 0.533. The van der Waals surface area contributed by atoms with E-state index in [0.29, 0.717) is 11.0 Å². The van der Waals surface area contributed by atoms with E-state index in [9.17, 15) is 4.21 Å². The Morgan fingerprint density at radius 3 is 2.53 bits per heavy atom. The van der Waals surface area contributed by atoms with E-state index in [2.05, 4.69) is 50.9 Å². The summed E-state index contributed by atoms with van der Waals surface area (Å²) in [5.41, 5.74) is 2.63. The summed E-state index contributed by atoms with van der Waals surface area (Å²) in [6, 6.07) is 8.47. The van der Waals surface area contributed by atoms with Gasteiger partial charge in [0.15, 0.2) is 0 Å². The van der Waals surface area contributed by atoms with Crippen LogP contribution >= 0.6 is 0 Å². The molecule has 1 aromatic carbocycles. The molecule has 17 heavy (non-hydrogen) atoms. The van der Waals surface area contributed by atoms with Crippen LogP contribution in [0.25, 0.3) is 0 Å². The average molecular weight is 250 g/mol. The van der Waals surface area contributed by atoms with E-state index in [1.807, 2.05) is 0 Å². The van der Waals surface area contributed by atoms with Crippen molar-refractivity contribution in [3.63, 3.8) is 0 Å². The lowest BCUT2D eigenvalue weighted by Gasteiger charge is -2.20. The highest BCUT2D eigenvalue weighted by atomic mass is 32.2. The van der Waals surface area contributed by atoms with Crippen LogP contribution in [-0.4, -0.2) is 15.3 Å². The molecule has 0 saturated heterocycles. The maximum absolute atomic E-state index is 12.4. The van der Waals surface area contributed by atoms with Crippen LogP contribution in [0.4, 0.5) is 0 Å². The number of rotatable bonds is 3. The van der Waals surface area contributed by atoms with Crippen molar-refractivity contribution in [3.05, 3.63) is 35.4 Å². The largest absolute Gasteiger partial charge is 0.267 e. The monoisotopic (exact) mass is 250 g/mol. The summed E-state index contributed by atoms with van der Waals surface area (Å²) < 4.78 is 12.4. The summed E-state index contributed by atoms with van der Waals surface area (Å²) in [6.45, 7) is 6.61. The first kappa shape index (κ1) is 12.7. The summed E-state index contributed by atoms with van der Waals surface area (Å²) in [5, 5.41) is 0.376. The third-order valence-electron chi connectivity index (χ3n) is 3.34. The highest BCUT2D eigenvalue weighted by Gasteiger charge is 2.30. The Kier molecular flexibility index (Phi) is 3.11. The van der Waals surface area contributed by atoms with Crippen molar-refractivity contribution >= 4 is 15.4 Å². The number of benzene rings is 1. The highest BCUT2D eigenvalue weighted by molar-refractivity contribution is 8.00. The fourth-order valence-electron chi connectivity index (χ4n) is 2.03. The van der Waals surface area contributed by atoms with Crippen molar-refractivity contribution in [3.8, 4) is 0 Å². The van der Waals surface area contributed by atoms with Gasteiger partial charge in [0.25, 0.3) is 0 Å². The number of hydrogen-bond donors (Lipinski definition) is 0. The van der Waals surface area contributed by atoms with Crippen LogP contribution in [0.2, 0.25) is 0 Å². The standard InChI is InChI=1S/C15H22OS/c1-15(2,3)13-7-5-6-12(10-13)11-17(4,16)14-8-9-14/h5-7,10,14H,4,8-9,11H2,1-3H3. The van der Waals surface area contributed by atoms with Gasteiger partial charge >= 0.3 is 0 Å². The molecule has 0 radical (unpaired) electrons. The Morgan fingerprint density at radius 2 is 2.00 bits per heavy atom. The average Bonchev–Trinajstić information content (AvgIpc) is 2.99. The van der Waals surface area contributed by atoms with Crippen molar-refractivity contribution < 1.29 is 4.21 Å². The molecule has 1 saturated carbocycles. The third-order valence-corrected chi connectivity index (χ3v) is 5.84. The molecule has 2 rings (SSSR count). The Morgan fingerprint density at radius 1 is 1.35 bits per heavy atom. The zero-order valence-electron chi connectivity index (χ0n) is 11.0. The summed E-state index contributed by atoms with van der Waals surface area (Å²) in [6.07, 6.45) is 2.20. The van der Waals surface area contributed by atoms with Gasteiger partial charge in [-0.1, -0.05) is 45.0 Å². The summed E-state index contributed by atoms with van der Waals surface area (Å²) in [4.78, 5) is 0. The minimum atomic E-state index is -1.90. The van der Waals surface area contributed by atoms with Crippen LogP contribution in [-0.2, 0) is 20.7 Å². The summed E-state index contributed by atoms with van der Waals surface area (Å²) >= 11 is 0. The van der Waals surface area contributed by atoms with E-state index in [0.717, 1.165) is 12.8 Å². The SMILES string of the molecule is C=S(=O)(Cc1cccc(C(C)(C)C)c1)C1CC1. The molecular weight excluding hydrogens is 228 g/mol. The first-order valence-corrected chi connectivity index (χ1v) is 8.18. The lowest BCUT2D eigenvalue weighted by Crippen LogP contribution is -2.13. The Labute approximate surface area is 105 Å². The van der Waals surface area contributed by atoms with Crippen LogP contribution in [0.1, 0.15) is 44.7 Å². The minimum absolute atomic E-state index is 0.150. The minimum Gasteiger partial charge on any atom is -0.267 e. The zero-order valence-corrected chi connectivity index (χ0v) is 11.8. The van der Waals surface area contributed by atoms with Gasteiger partial charge in [0.1, 0.15) is 0 Å². The molecule has 0 spiro atoms. The first-order chi connectivity index (χ1) is 7.79. The van der Waals surface area contributed by atoms with Crippen LogP contribution in [0.5, 0.6) is 0 Å². The Hall–Kier alpha value is -0.760. The molecule has 0 aliphatic heterocycles. The van der Waals surface area contributed by atoms with E-state index < -0.39 is 9.52 Å². The number of hydrogen-bond acceptors (Lipinski definition) is 1. The predicted octanol–water partition coefficient (Wildman–Crippen LogP) is 3.36. The van der Waals surface area contributed by atoms with Gasteiger partial charge in [-0.15, -0.1) is 0 Å². The maximum Gasteiger partial charge on any atom is 0.0412 e. The van der Waals surface area contributed by atoms with E-state index in [1.165, 1.54) is 11.1 Å². The van der Waals surface area contributed by atoms with Gasteiger partial charge in [-0.2, -0.15) is 0 Å². The van der Waals surface area contributed by atoms with Crippen molar-refractivity contribution in [2.45, 2.75) is 50.0 Å². The summed E-state index contributed by atoms with van der Waals surface area (Å²) in [7, 11) is -1.90. The molecule has 1 unspecified atom stereocenters. The van der Waals surface area contributed by atoms with Crippen LogP contribution in [0.15, 0.2) is 24.3 Å². The Balaban J connectivity index is 2.22. The van der Waals surface area contributed by atoms with E-state index in [1.54, 1.807) is 0 Å². The van der Waals surface area contributed by atoms with E-state index in [4.69, 9.17) is 0 Å². The van der Waals surface area contributed by atoms with Gasteiger partial charge in [-0.3, -0.25) is 4.21 Å². The van der Waals surface area contributed by atoms with Gasteiger partial charge in [-0.25, -0.2) is 0 Å². The Bertz CT molecular complexity index is 502. The molecule has 94 valence electrons. The van der Waals surface area contributed by atoms with Crippen molar-refractivity contribution in [1.82, 2.24) is 0 Å². The van der Waals surface area contributed by atoms with Crippen LogP contribution in [0, 0.1) is 0 Å². The second kappa shape index (κ2) is 4.16. The second-order valence-corrected chi connectivity index (χ2v) is 8.86.